The third-order valence-corrected chi connectivity index (χ3v) is 5.44. The molecular weight excluding hydrogens is 406 g/mol. The molecule has 1 N–H and O–H groups in total. The Bertz CT molecular complexity index is 1100. The maximum absolute atomic E-state index is 13.0. The van der Waals surface area contributed by atoms with Gasteiger partial charge in [-0.3, -0.25) is 9.59 Å². The summed E-state index contributed by atoms with van der Waals surface area (Å²) in [6, 6.07) is 19.2. The lowest BCUT2D eigenvalue weighted by atomic mass is 9.99. The van der Waals surface area contributed by atoms with Gasteiger partial charge in [-0.15, -0.1) is 0 Å². The molecule has 4 rings (SSSR count). The summed E-state index contributed by atoms with van der Waals surface area (Å²) in [5, 5.41) is 11.0. The van der Waals surface area contributed by atoms with E-state index in [4.69, 9.17) is 9.15 Å². The molecule has 0 spiro atoms. The lowest BCUT2D eigenvalue weighted by Crippen LogP contribution is -2.31. The summed E-state index contributed by atoms with van der Waals surface area (Å²) in [5.74, 6) is -0.486. The molecular formula is C26H25NO5. The number of furan rings is 1. The highest BCUT2D eigenvalue weighted by atomic mass is 16.5. The van der Waals surface area contributed by atoms with Crippen LogP contribution in [0.15, 0.2) is 83.0 Å². The molecule has 2 heterocycles. The fraction of sp³-hybridized carbons (Fsp3) is 0.231. The van der Waals surface area contributed by atoms with Gasteiger partial charge in [-0.1, -0.05) is 37.3 Å². The molecule has 3 aromatic rings. The lowest BCUT2D eigenvalue weighted by Gasteiger charge is -2.23. The van der Waals surface area contributed by atoms with Crippen molar-refractivity contribution in [3.8, 4) is 5.75 Å². The van der Waals surface area contributed by atoms with Crippen molar-refractivity contribution < 1.29 is 23.8 Å². The van der Waals surface area contributed by atoms with Crippen LogP contribution in [0.25, 0.3) is 5.76 Å². The van der Waals surface area contributed by atoms with Gasteiger partial charge < -0.3 is 19.2 Å². The molecule has 1 atom stereocenters. The van der Waals surface area contributed by atoms with Crippen molar-refractivity contribution in [1.29, 1.82) is 0 Å². The Morgan fingerprint density at radius 1 is 1.03 bits per heavy atom. The van der Waals surface area contributed by atoms with Gasteiger partial charge in [0.05, 0.1) is 18.4 Å². The lowest BCUT2D eigenvalue weighted by molar-refractivity contribution is -0.140. The molecule has 1 fully saturated rings. The number of hydrogen-bond donors (Lipinski definition) is 1. The van der Waals surface area contributed by atoms with Crippen LogP contribution in [0.5, 0.6) is 5.75 Å². The van der Waals surface area contributed by atoms with E-state index in [-0.39, 0.29) is 11.3 Å². The van der Waals surface area contributed by atoms with Crippen LogP contribution in [0.2, 0.25) is 0 Å². The van der Waals surface area contributed by atoms with Gasteiger partial charge in [-0.2, -0.15) is 0 Å². The summed E-state index contributed by atoms with van der Waals surface area (Å²) in [4.78, 5) is 27.4. The first-order chi connectivity index (χ1) is 15.6. The summed E-state index contributed by atoms with van der Waals surface area (Å²) in [6.07, 6.45) is 2.96. The monoisotopic (exact) mass is 431 g/mol. The molecule has 6 nitrogen and oxygen atoms in total. The van der Waals surface area contributed by atoms with E-state index in [1.165, 1.54) is 11.2 Å². The third-order valence-electron chi connectivity index (χ3n) is 5.44. The highest BCUT2D eigenvalue weighted by Gasteiger charge is 2.47. The van der Waals surface area contributed by atoms with E-state index in [2.05, 4.69) is 0 Å². The van der Waals surface area contributed by atoms with Crippen molar-refractivity contribution in [3.63, 3.8) is 0 Å². The van der Waals surface area contributed by atoms with Gasteiger partial charge in [0.1, 0.15) is 23.3 Å². The van der Waals surface area contributed by atoms with Crippen molar-refractivity contribution in [2.45, 2.75) is 25.8 Å². The molecule has 1 aliphatic rings. The Hall–Kier alpha value is -3.80. The predicted octanol–water partition coefficient (Wildman–Crippen LogP) is 4.73. The average molecular weight is 431 g/mol. The van der Waals surface area contributed by atoms with Crippen LogP contribution in [0.1, 0.15) is 36.3 Å². The maximum atomic E-state index is 13.0. The molecule has 0 bridgehead atoms. The zero-order valence-electron chi connectivity index (χ0n) is 17.9. The number of amides is 1. The molecule has 1 aromatic heterocycles. The zero-order chi connectivity index (χ0) is 22.5. The minimum Gasteiger partial charge on any atom is -0.507 e. The molecule has 164 valence electrons. The first-order valence-electron chi connectivity index (χ1n) is 10.7. The highest BCUT2D eigenvalue weighted by molar-refractivity contribution is 6.46. The Labute approximate surface area is 186 Å². The summed E-state index contributed by atoms with van der Waals surface area (Å²) < 4.78 is 11.1. The van der Waals surface area contributed by atoms with Gasteiger partial charge >= 0.3 is 0 Å². The van der Waals surface area contributed by atoms with Crippen LogP contribution in [-0.4, -0.2) is 34.8 Å². The highest BCUT2D eigenvalue weighted by Crippen LogP contribution is 2.39. The van der Waals surface area contributed by atoms with Crippen molar-refractivity contribution in [1.82, 2.24) is 4.90 Å². The van der Waals surface area contributed by atoms with E-state index in [0.717, 1.165) is 12.0 Å². The van der Waals surface area contributed by atoms with Crippen LogP contribution in [0.4, 0.5) is 0 Å². The molecule has 0 saturated carbocycles. The van der Waals surface area contributed by atoms with Crippen LogP contribution in [0.3, 0.4) is 0 Å². The van der Waals surface area contributed by atoms with Gasteiger partial charge in [0, 0.05) is 12.1 Å². The fourth-order valence-corrected chi connectivity index (χ4v) is 3.83. The number of aliphatic hydroxyl groups excluding tert-OH is 1. The van der Waals surface area contributed by atoms with Crippen LogP contribution < -0.4 is 4.74 Å². The maximum Gasteiger partial charge on any atom is 0.295 e. The molecule has 1 amide bonds. The smallest absolute Gasteiger partial charge is 0.295 e. The number of rotatable bonds is 8. The largest absolute Gasteiger partial charge is 0.507 e. The molecule has 1 aliphatic heterocycles. The van der Waals surface area contributed by atoms with E-state index in [0.29, 0.717) is 36.6 Å². The van der Waals surface area contributed by atoms with E-state index >= 15 is 0 Å². The minimum atomic E-state index is -0.787. The van der Waals surface area contributed by atoms with E-state index in [1.54, 1.807) is 36.4 Å². The summed E-state index contributed by atoms with van der Waals surface area (Å²) in [6.45, 7) is 2.93. The molecule has 0 radical (unpaired) electrons. The molecule has 1 saturated heterocycles. The topological polar surface area (TPSA) is 80.0 Å². The Balaban J connectivity index is 1.68. The number of Topliss-reactive ketones (excluding diaryl/α,β-unsaturated/α-hetero) is 1. The van der Waals surface area contributed by atoms with E-state index in [9.17, 15) is 14.7 Å². The Morgan fingerprint density at radius 3 is 2.44 bits per heavy atom. The molecule has 0 aliphatic carbocycles. The van der Waals surface area contributed by atoms with Crippen molar-refractivity contribution in [2.75, 3.05) is 13.2 Å². The van der Waals surface area contributed by atoms with Crippen molar-refractivity contribution in [2.24, 2.45) is 0 Å². The number of carbonyl (C=O) groups excluding carboxylic acids is 2. The van der Waals surface area contributed by atoms with Crippen molar-refractivity contribution in [3.05, 3.63) is 95.5 Å². The fourth-order valence-electron chi connectivity index (χ4n) is 3.83. The molecule has 1 unspecified atom stereocenters. The number of hydrogen-bond acceptors (Lipinski definition) is 5. The van der Waals surface area contributed by atoms with E-state index < -0.39 is 17.7 Å². The van der Waals surface area contributed by atoms with Gasteiger partial charge in [0.2, 0.25) is 0 Å². The van der Waals surface area contributed by atoms with Crippen LogP contribution in [-0.2, 0) is 16.0 Å². The second kappa shape index (κ2) is 9.56. The predicted molar refractivity (Wildman–Crippen MR) is 120 cm³/mol. The van der Waals surface area contributed by atoms with Crippen LogP contribution in [0, 0.1) is 0 Å². The number of benzene rings is 2. The number of ether oxygens (including phenoxy) is 1. The van der Waals surface area contributed by atoms with Gasteiger partial charge in [0.25, 0.3) is 11.7 Å². The quantitative estimate of drug-likeness (QED) is 0.317. The minimum absolute atomic E-state index is 0.0280. The standard InChI is InChI=1S/C26H25NO5/c1-2-16-31-20-12-10-19(11-13-20)24(28)22-23(21-9-6-17-32-21)27(26(30)25(22)29)15-14-18-7-4-3-5-8-18/h3-13,17,23,28H,2,14-16H2,1H3/b24-22+. The summed E-state index contributed by atoms with van der Waals surface area (Å²) in [7, 11) is 0. The number of ketones is 1. The van der Waals surface area contributed by atoms with Gasteiger partial charge in [0.15, 0.2) is 0 Å². The van der Waals surface area contributed by atoms with Gasteiger partial charge in [-0.25, -0.2) is 0 Å². The Morgan fingerprint density at radius 2 is 1.78 bits per heavy atom. The number of likely N-dealkylation sites (tertiary alicyclic amines) is 1. The second-order valence-corrected chi connectivity index (χ2v) is 7.62. The average Bonchev–Trinajstić information content (AvgIpc) is 3.44. The Kier molecular flexibility index (Phi) is 6.40. The molecule has 2 aromatic carbocycles. The molecule has 32 heavy (non-hydrogen) atoms. The summed E-state index contributed by atoms with van der Waals surface area (Å²) in [5.41, 5.74) is 1.52. The second-order valence-electron chi connectivity index (χ2n) is 7.62. The summed E-state index contributed by atoms with van der Waals surface area (Å²) >= 11 is 0. The zero-order valence-corrected chi connectivity index (χ0v) is 17.9. The number of carbonyl (C=O) groups is 2. The number of nitrogens with zero attached hydrogens (tertiary/aromatic N) is 1. The van der Waals surface area contributed by atoms with Gasteiger partial charge in [-0.05, 0) is 54.8 Å². The molecule has 6 heteroatoms. The van der Waals surface area contributed by atoms with E-state index in [1.807, 2.05) is 37.3 Å². The normalized spacial score (nSPS) is 17.7. The third kappa shape index (κ3) is 4.30. The first kappa shape index (κ1) is 21.4. The van der Waals surface area contributed by atoms with Crippen molar-refractivity contribution >= 4 is 17.4 Å². The SMILES string of the molecule is CCCOc1ccc(/C(O)=C2\C(=O)C(=O)N(CCc3ccccc3)C2c2ccco2)cc1. The first-order valence-corrected chi connectivity index (χ1v) is 10.7. The number of aliphatic hydroxyl groups is 1. The van der Waals surface area contributed by atoms with Crippen LogP contribution >= 0.6 is 0 Å².